The van der Waals surface area contributed by atoms with E-state index in [4.69, 9.17) is 10.8 Å². The van der Waals surface area contributed by atoms with Crippen LogP contribution < -0.4 is 11.1 Å². The van der Waals surface area contributed by atoms with Crippen LogP contribution in [0.15, 0.2) is 30.5 Å². The van der Waals surface area contributed by atoms with Crippen LogP contribution in [0.2, 0.25) is 0 Å². The van der Waals surface area contributed by atoms with Crippen LogP contribution in [0.3, 0.4) is 0 Å². The molecule has 7 nitrogen and oxygen atoms in total. The van der Waals surface area contributed by atoms with E-state index in [1.165, 1.54) is 13.1 Å². The number of Topliss-reactive ketones (excluding diaryl/α,β-unsaturated/α-hetero) is 1. The fourth-order valence-electron chi connectivity index (χ4n) is 1.94. The first-order valence-electron chi connectivity index (χ1n) is 7.16. The fraction of sp³-hybridized carbons (Fsp3) is 0.250. The molecule has 0 unspecified atom stereocenters. The van der Waals surface area contributed by atoms with Gasteiger partial charge in [0.25, 0.3) is 5.91 Å². The van der Waals surface area contributed by atoms with E-state index in [-0.39, 0.29) is 23.9 Å². The minimum absolute atomic E-state index is 0.00994. The molecule has 120 valence electrons. The van der Waals surface area contributed by atoms with Crippen molar-refractivity contribution in [1.82, 2.24) is 15.3 Å². The third-order valence-electron chi connectivity index (χ3n) is 3.22. The van der Waals surface area contributed by atoms with Crippen LogP contribution in [0.25, 0.3) is 11.3 Å². The number of hydrogen-bond donors (Lipinski definition) is 3. The van der Waals surface area contributed by atoms with E-state index < -0.39 is 5.91 Å². The highest BCUT2D eigenvalue weighted by Crippen LogP contribution is 2.19. The Morgan fingerprint density at radius 1 is 1.26 bits per heavy atom. The van der Waals surface area contributed by atoms with Gasteiger partial charge in [0.2, 0.25) is 0 Å². The average Bonchev–Trinajstić information content (AvgIpc) is 2.55. The van der Waals surface area contributed by atoms with Gasteiger partial charge in [0.05, 0.1) is 11.9 Å². The first-order valence-corrected chi connectivity index (χ1v) is 7.16. The van der Waals surface area contributed by atoms with Gasteiger partial charge < -0.3 is 16.2 Å². The van der Waals surface area contributed by atoms with Gasteiger partial charge >= 0.3 is 0 Å². The zero-order valence-corrected chi connectivity index (χ0v) is 12.7. The number of nitrogens with one attached hydrogen (secondary N) is 1. The number of rotatable bonds is 6. The summed E-state index contributed by atoms with van der Waals surface area (Å²) < 4.78 is 0. The van der Waals surface area contributed by atoms with Gasteiger partial charge in [-0.15, -0.1) is 0 Å². The van der Waals surface area contributed by atoms with Crippen molar-refractivity contribution >= 4 is 17.5 Å². The number of aliphatic hydroxyl groups is 1. The van der Waals surface area contributed by atoms with Crippen molar-refractivity contribution in [3.05, 3.63) is 41.7 Å². The standard InChI is InChI=1S/C16H18N4O3/c1-10(22)11-3-5-12(6-4-11)13-9-19-15(17)14(20-13)16(23)18-7-2-8-21/h3-6,9,21H,2,7-8H2,1H3,(H2,17,19)(H,18,23). The van der Waals surface area contributed by atoms with Gasteiger partial charge in [-0.3, -0.25) is 9.59 Å². The van der Waals surface area contributed by atoms with Crippen LogP contribution in [-0.4, -0.2) is 39.9 Å². The summed E-state index contributed by atoms with van der Waals surface area (Å²) in [6.45, 7) is 1.81. The van der Waals surface area contributed by atoms with Gasteiger partial charge in [-0.2, -0.15) is 0 Å². The molecule has 2 aromatic rings. The Morgan fingerprint density at radius 2 is 1.96 bits per heavy atom. The lowest BCUT2D eigenvalue weighted by atomic mass is 10.1. The van der Waals surface area contributed by atoms with E-state index in [1.807, 2.05) is 0 Å². The van der Waals surface area contributed by atoms with Gasteiger partial charge in [0, 0.05) is 24.3 Å². The molecular formula is C16H18N4O3. The van der Waals surface area contributed by atoms with Crippen molar-refractivity contribution in [2.75, 3.05) is 18.9 Å². The first-order chi connectivity index (χ1) is 11.0. The molecule has 4 N–H and O–H groups in total. The summed E-state index contributed by atoms with van der Waals surface area (Å²) in [7, 11) is 0. The first kappa shape index (κ1) is 16.6. The van der Waals surface area contributed by atoms with Gasteiger partial charge in [-0.25, -0.2) is 9.97 Å². The quantitative estimate of drug-likeness (QED) is 0.541. The minimum atomic E-state index is -0.439. The Bertz CT molecular complexity index is 714. The van der Waals surface area contributed by atoms with Crippen molar-refractivity contribution in [3.8, 4) is 11.3 Å². The molecule has 2 rings (SSSR count). The second-order valence-electron chi connectivity index (χ2n) is 4.96. The molecule has 0 bridgehead atoms. The van der Waals surface area contributed by atoms with E-state index in [2.05, 4.69) is 15.3 Å². The number of ketones is 1. The van der Waals surface area contributed by atoms with Crippen molar-refractivity contribution in [3.63, 3.8) is 0 Å². The maximum Gasteiger partial charge on any atom is 0.273 e. The monoisotopic (exact) mass is 314 g/mol. The largest absolute Gasteiger partial charge is 0.396 e. The third-order valence-corrected chi connectivity index (χ3v) is 3.22. The summed E-state index contributed by atoms with van der Waals surface area (Å²) in [6, 6.07) is 6.86. The molecule has 1 aromatic heterocycles. The van der Waals surface area contributed by atoms with Crippen LogP contribution >= 0.6 is 0 Å². The summed E-state index contributed by atoms with van der Waals surface area (Å²) >= 11 is 0. The second-order valence-corrected chi connectivity index (χ2v) is 4.96. The van der Waals surface area contributed by atoms with Crippen molar-refractivity contribution in [2.45, 2.75) is 13.3 Å². The van der Waals surface area contributed by atoms with Crippen molar-refractivity contribution in [1.29, 1.82) is 0 Å². The van der Waals surface area contributed by atoms with E-state index in [1.54, 1.807) is 24.3 Å². The topological polar surface area (TPSA) is 118 Å². The van der Waals surface area contributed by atoms with E-state index in [9.17, 15) is 9.59 Å². The van der Waals surface area contributed by atoms with Crippen LogP contribution in [0.1, 0.15) is 34.2 Å². The number of benzene rings is 1. The summed E-state index contributed by atoms with van der Waals surface area (Å²) in [5.74, 6) is -0.426. The average molecular weight is 314 g/mol. The molecule has 0 radical (unpaired) electrons. The molecule has 0 aliphatic carbocycles. The summed E-state index contributed by atoms with van der Waals surface area (Å²) in [5, 5.41) is 11.3. The molecular weight excluding hydrogens is 296 g/mol. The van der Waals surface area contributed by atoms with Gasteiger partial charge in [-0.05, 0) is 13.3 Å². The predicted molar refractivity (Wildman–Crippen MR) is 85.9 cm³/mol. The zero-order chi connectivity index (χ0) is 16.8. The molecule has 7 heteroatoms. The third kappa shape index (κ3) is 4.10. The fourth-order valence-corrected chi connectivity index (χ4v) is 1.94. The molecule has 1 aromatic carbocycles. The lowest BCUT2D eigenvalue weighted by molar-refractivity contribution is 0.0946. The second kappa shape index (κ2) is 7.46. The SMILES string of the molecule is CC(=O)c1ccc(-c2cnc(N)c(C(=O)NCCCO)n2)cc1. The molecule has 1 amide bonds. The number of hydrogen-bond acceptors (Lipinski definition) is 6. The van der Waals surface area contributed by atoms with E-state index >= 15 is 0 Å². The van der Waals surface area contributed by atoms with Crippen LogP contribution in [0.5, 0.6) is 0 Å². The predicted octanol–water partition coefficient (Wildman–Crippen LogP) is 1.04. The Hall–Kier alpha value is -2.80. The maximum atomic E-state index is 12.0. The van der Waals surface area contributed by atoms with Crippen molar-refractivity contribution < 1.29 is 14.7 Å². The molecule has 0 saturated carbocycles. The molecule has 0 aliphatic rings. The normalized spacial score (nSPS) is 10.3. The molecule has 0 aliphatic heterocycles. The van der Waals surface area contributed by atoms with E-state index in [0.29, 0.717) is 24.2 Å². The lowest BCUT2D eigenvalue weighted by Gasteiger charge is -2.08. The summed E-state index contributed by atoms with van der Waals surface area (Å²) in [6.07, 6.45) is 1.92. The Morgan fingerprint density at radius 3 is 2.57 bits per heavy atom. The Kier molecular flexibility index (Phi) is 5.37. The maximum absolute atomic E-state index is 12.0. The highest BCUT2D eigenvalue weighted by molar-refractivity contribution is 5.97. The molecule has 1 heterocycles. The Labute approximate surface area is 133 Å². The molecule has 0 spiro atoms. The number of carbonyl (C=O) groups excluding carboxylic acids is 2. The molecule has 0 saturated heterocycles. The van der Waals surface area contributed by atoms with Crippen LogP contribution in [0.4, 0.5) is 5.82 Å². The van der Waals surface area contributed by atoms with Crippen LogP contribution in [-0.2, 0) is 0 Å². The zero-order valence-electron chi connectivity index (χ0n) is 12.7. The minimum Gasteiger partial charge on any atom is -0.396 e. The van der Waals surface area contributed by atoms with E-state index in [0.717, 1.165) is 5.56 Å². The number of amides is 1. The van der Waals surface area contributed by atoms with Gasteiger partial charge in [-0.1, -0.05) is 24.3 Å². The lowest BCUT2D eigenvalue weighted by Crippen LogP contribution is -2.27. The smallest absolute Gasteiger partial charge is 0.273 e. The van der Waals surface area contributed by atoms with Gasteiger partial charge in [0.15, 0.2) is 17.3 Å². The highest BCUT2D eigenvalue weighted by Gasteiger charge is 2.14. The molecule has 23 heavy (non-hydrogen) atoms. The Balaban J connectivity index is 2.25. The van der Waals surface area contributed by atoms with Crippen molar-refractivity contribution in [2.24, 2.45) is 0 Å². The number of nitrogen functional groups attached to an aromatic ring is 1. The van der Waals surface area contributed by atoms with Gasteiger partial charge in [0.1, 0.15) is 0 Å². The summed E-state index contributed by atoms with van der Waals surface area (Å²) in [5.41, 5.74) is 7.56. The number of aromatic nitrogens is 2. The number of aliphatic hydroxyl groups excluding tert-OH is 1. The van der Waals surface area contributed by atoms with Crippen LogP contribution in [0, 0.1) is 0 Å². The number of carbonyl (C=O) groups is 2. The number of anilines is 1. The molecule has 0 fully saturated rings. The number of nitrogens with two attached hydrogens (primary N) is 1. The number of nitrogens with zero attached hydrogens (tertiary/aromatic N) is 2. The highest BCUT2D eigenvalue weighted by atomic mass is 16.3. The summed E-state index contributed by atoms with van der Waals surface area (Å²) in [4.78, 5) is 31.6. The molecule has 0 atom stereocenters.